The van der Waals surface area contributed by atoms with E-state index in [4.69, 9.17) is 22.2 Å². The lowest BCUT2D eigenvalue weighted by molar-refractivity contribution is -0.110. The van der Waals surface area contributed by atoms with Crippen molar-refractivity contribution in [1.82, 2.24) is 14.9 Å². The number of carbonyl (C=O) groups is 1. The number of halogens is 1. The zero-order valence-corrected chi connectivity index (χ0v) is 17.9. The van der Waals surface area contributed by atoms with E-state index < -0.39 is 0 Å². The predicted molar refractivity (Wildman–Crippen MR) is 122 cm³/mol. The van der Waals surface area contributed by atoms with E-state index in [-0.39, 0.29) is 5.78 Å². The lowest BCUT2D eigenvalue weighted by atomic mass is 10.1. The molecule has 0 saturated carbocycles. The summed E-state index contributed by atoms with van der Waals surface area (Å²) in [5.74, 6) is 7.84. The molecule has 8 heteroatoms. The van der Waals surface area contributed by atoms with E-state index >= 15 is 0 Å². The molecule has 30 heavy (non-hydrogen) atoms. The normalized spacial score (nSPS) is 11.4. The largest absolute Gasteiger partial charge is 0.493 e. The highest BCUT2D eigenvalue weighted by Crippen LogP contribution is 2.17. The molecule has 154 valence electrons. The molecule has 0 radical (unpaired) electrons. The van der Waals surface area contributed by atoms with Crippen LogP contribution in [0.25, 0.3) is 12.2 Å². The van der Waals surface area contributed by atoms with Crippen LogP contribution < -0.4 is 10.6 Å². The Kier molecular flexibility index (Phi) is 7.70. The zero-order chi connectivity index (χ0) is 21.3. The number of hydrogen-bond acceptors (Lipinski definition) is 6. The first-order valence-electron chi connectivity index (χ1n) is 9.20. The summed E-state index contributed by atoms with van der Waals surface area (Å²) in [6.45, 7) is 2.31. The zero-order valence-electron chi connectivity index (χ0n) is 16.4. The van der Waals surface area contributed by atoms with Crippen LogP contribution in [0.4, 0.5) is 0 Å². The van der Waals surface area contributed by atoms with Gasteiger partial charge in [0.15, 0.2) is 5.78 Å². The van der Waals surface area contributed by atoms with Crippen LogP contribution in [0, 0.1) is 6.92 Å². The van der Waals surface area contributed by atoms with Crippen LogP contribution in [0.3, 0.4) is 0 Å². The van der Waals surface area contributed by atoms with Crippen molar-refractivity contribution in [3.8, 4) is 5.75 Å². The second-order valence-corrected chi connectivity index (χ2v) is 7.78. The first-order valence-corrected chi connectivity index (χ1v) is 10.6. The summed E-state index contributed by atoms with van der Waals surface area (Å²) in [4.78, 5) is 12.0. The molecule has 3 aromatic rings. The van der Waals surface area contributed by atoms with E-state index in [9.17, 15) is 4.79 Å². The Hall–Kier alpha value is -3.03. The highest BCUT2D eigenvalue weighted by Gasteiger charge is 2.06. The number of rotatable bonds is 9. The van der Waals surface area contributed by atoms with Gasteiger partial charge in [-0.3, -0.25) is 4.79 Å². The summed E-state index contributed by atoms with van der Waals surface area (Å²) in [6, 6.07) is 14.8. The number of hydrogen-bond donors (Lipinski definition) is 1. The van der Waals surface area contributed by atoms with Crippen molar-refractivity contribution >= 4 is 41.3 Å². The Bertz CT molecular complexity index is 1040. The van der Waals surface area contributed by atoms with Crippen molar-refractivity contribution in [2.24, 2.45) is 0 Å². The number of aromatic nitrogens is 3. The number of nitrogens with zero attached hydrogens (tertiary/aromatic N) is 3. The third kappa shape index (κ3) is 6.50. The van der Waals surface area contributed by atoms with Crippen molar-refractivity contribution in [3.63, 3.8) is 0 Å². The molecule has 0 unspecified atom stereocenters. The maximum atomic E-state index is 12.0. The number of aryl methyl sites for hydroxylation is 1. The van der Waals surface area contributed by atoms with Crippen molar-refractivity contribution in [2.45, 2.75) is 12.1 Å². The summed E-state index contributed by atoms with van der Waals surface area (Å²) in [5.41, 5.74) is 1.83. The van der Waals surface area contributed by atoms with Crippen molar-refractivity contribution in [1.29, 1.82) is 0 Å². The van der Waals surface area contributed by atoms with E-state index in [1.54, 1.807) is 31.2 Å². The fourth-order valence-electron chi connectivity index (χ4n) is 2.40. The molecule has 0 aliphatic heterocycles. The average molecular weight is 441 g/mol. The fourth-order valence-corrected chi connectivity index (χ4v) is 3.25. The molecule has 0 amide bonds. The molecule has 0 spiro atoms. The third-order valence-electron chi connectivity index (χ3n) is 4.05. The van der Waals surface area contributed by atoms with Gasteiger partial charge >= 0.3 is 0 Å². The number of nitrogens with two attached hydrogens (primary N) is 1. The van der Waals surface area contributed by atoms with Gasteiger partial charge in [-0.05, 0) is 54.5 Å². The Morgan fingerprint density at radius 2 is 1.67 bits per heavy atom. The molecule has 1 aromatic heterocycles. The number of allylic oxidation sites excluding steroid dienone is 2. The summed E-state index contributed by atoms with van der Waals surface area (Å²) < 4.78 is 7.18. The lowest BCUT2D eigenvalue weighted by Gasteiger charge is -2.06. The minimum Gasteiger partial charge on any atom is -0.493 e. The standard InChI is InChI=1S/C22H21ClN4O2S/c1-16-25-26-22(27(16)24)30-15-14-29-21-12-6-18(7-13-21)5-11-20(28)10-4-17-2-8-19(23)9-3-17/h2-13H,14-15,24H2,1H3. The molecule has 3 rings (SSSR count). The molecule has 0 aliphatic rings. The van der Waals surface area contributed by atoms with E-state index in [0.717, 1.165) is 16.9 Å². The van der Waals surface area contributed by atoms with Gasteiger partial charge in [-0.2, -0.15) is 0 Å². The third-order valence-corrected chi connectivity index (χ3v) is 5.21. The van der Waals surface area contributed by atoms with Gasteiger partial charge in [-0.15, -0.1) is 10.2 Å². The first kappa shape index (κ1) is 21.7. The SMILES string of the molecule is Cc1nnc(SCCOc2ccc(C=CC(=O)C=Cc3ccc(Cl)cc3)cc2)n1N. The molecule has 2 aromatic carbocycles. The first-order chi connectivity index (χ1) is 14.5. The Balaban J connectivity index is 1.43. The molecule has 6 nitrogen and oxygen atoms in total. The van der Waals surface area contributed by atoms with Gasteiger partial charge in [0.05, 0.1) is 6.61 Å². The molecule has 2 N–H and O–H groups in total. The molecular weight excluding hydrogens is 420 g/mol. The van der Waals surface area contributed by atoms with E-state index in [2.05, 4.69) is 10.2 Å². The van der Waals surface area contributed by atoms with Crippen LogP contribution in [-0.2, 0) is 4.79 Å². The van der Waals surface area contributed by atoms with Gasteiger partial charge < -0.3 is 10.6 Å². The van der Waals surface area contributed by atoms with E-state index in [0.29, 0.717) is 28.4 Å². The predicted octanol–water partition coefficient (Wildman–Crippen LogP) is 4.42. The highest BCUT2D eigenvalue weighted by atomic mass is 35.5. The Morgan fingerprint density at radius 3 is 2.23 bits per heavy atom. The fraction of sp³-hybridized carbons (Fsp3) is 0.136. The van der Waals surface area contributed by atoms with E-state index in [1.807, 2.05) is 36.4 Å². The maximum absolute atomic E-state index is 12.0. The molecule has 0 saturated heterocycles. The second kappa shape index (κ2) is 10.7. The number of ketones is 1. The Labute approximate surface area is 184 Å². The highest BCUT2D eigenvalue weighted by molar-refractivity contribution is 7.99. The molecular formula is C22H21ClN4O2S. The van der Waals surface area contributed by atoms with E-state index in [1.165, 1.54) is 28.6 Å². The monoisotopic (exact) mass is 440 g/mol. The van der Waals surface area contributed by atoms with Crippen molar-refractivity contribution < 1.29 is 9.53 Å². The van der Waals surface area contributed by atoms with Gasteiger partial charge in [0, 0.05) is 10.8 Å². The minimum absolute atomic E-state index is 0.0923. The van der Waals surface area contributed by atoms with Crippen LogP contribution in [0.5, 0.6) is 5.75 Å². The molecule has 0 fully saturated rings. The van der Waals surface area contributed by atoms with Gasteiger partial charge in [0.25, 0.3) is 0 Å². The molecule has 0 bridgehead atoms. The van der Waals surface area contributed by atoms with Crippen molar-refractivity contribution in [3.05, 3.63) is 82.7 Å². The van der Waals surface area contributed by atoms with Crippen LogP contribution >= 0.6 is 23.4 Å². The summed E-state index contributed by atoms with van der Waals surface area (Å²) in [5, 5.41) is 9.22. The number of carbonyl (C=O) groups excluding carboxylic acids is 1. The van der Waals surface area contributed by atoms with Gasteiger partial charge in [-0.1, -0.05) is 59.8 Å². The van der Waals surface area contributed by atoms with Gasteiger partial charge in [0.2, 0.25) is 5.16 Å². The molecule has 0 aliphatic carbocycles. The molecule has 0 atom stereocenters. The van der Waals surface area contributed by atoms with Gasteiger partial charge in [-0.25, -0.2) is 4.68 Å². The smallest absolute Gasteiger partial charge is 0.209 e. The van der Waals surface area contributed by atoms with Crippen LogP contribution in [0.1, 0.15) is 17.0 Å². The van der Waals surface area contributed by atoms with Crippen molar-refractivity contribution in [2.75, 3.05) is 18.2 Å². The maximum Gasteiger partial charge on any atom is 0.209 e. The quantitative estimate of drug-likeness (QED) is 0.229. The number of thioether (sulfide) groups is 1. The number of nitrogen functional groups attached to an aromatic ring is 1. The second-order valence-electron chi connectivity index (χ2n) is 6.29. The Morgan fingerprint density at radius 1 is 1.07 bits per heavy atom. The number of benzene rings is 2. The minimum atomic E-state index is -0.0923. The summed E-state index contributed by atoms with van der Waals surface area (Å²) >= 11 is 7.33. The van der Waals surface area contributed by atoms with Crippen LogP contribution in [0.15, 0.2) is 65.8 Å². The average Bonchev–Trinajstić information content (AvgIpc) is 3.08. The summed E-state index contributed by atoms with van der Waals surface area (Å²) in [6.07, 6.45) is 6.58. The summed E-state index contributed by atoms with van der Waals surface area (Å²) in [7, 11) is 0. The van der Waals surface area contributed by atoms with Crippen LogP contribution in [-0.4, -0.2) is 33.0 Å². The lowest BCUT2D eigenvalue weighted by Crippen LogP contribution is -2.12. The molecule has 1 heterocycles. The topological polar surface area (TPSA) is 83.0 Å². The van der Waals surface area contributed by atoms with Crippen LogP contribution in [0.2, 0.25) is 5.02 Å². The number of ether oxygens (including phenoxy) is 1. The van der Waals surface area contributed by atoms with Gasteiger partial charge in [0.1, 0.15) is 11.6 Å².